The fraction of sp³-hybridized carbons (Fsp3) is 0.706. The molecule has 8 heteroatoms. The maximum Gasteiger partial charge on any atom is 0.315 e. The standard InChI is InChI=1S/C17H28N4O3S/c1-5-24-10-15-18-11(2)16(25-15)12(3)19-17(23)20-14-6-8-21(9-7-14)13(4)22/h12,14H,5-10H2,1-4H3,(H2,19,20,23). The Balaban J connectivity index is 1.82. The average Bonchev–Trinajstić information content (AvgIpc) is 2.94. The monoisotopic (exact) mass is 368 g/mol. The number of piperidine rings is 1. The molecule has 1 atom stereocenters. The van der Waals surface area contributed by atoms with Crippen LogP contribution in [0.25, 0.3) is 0 Å². The molecule has 2 rings (SSSR count). The van der Waals surface area contributed by atoms with Crippen LogP contribution in [0.5, 0.6) is 0 Å². The molecule has 3 amide bonds. The zero-order valence-electron chi connectivity index (χ0n) is 15.4. The van der Waals surface area contributed by atoms with E-state index >= 15 is 0 Å². The molecule has 2 N–H and O–H groups in total. The second-order valence-electron chi connectivity index (χ2n) is 6.31. The van der Waals surface area contributed by atoms with Crippen molar-refractivity contribution in [1.82, 2.24) is 20.5 Å². The van der Waals surface area contributed by atoms with Crippen LogP contribution in [0.1, 0.15) is 55.2 Å². The fourth-order valence-corrected chi connectivity index (χ4v) is 3.95. The Morgan fingerprint density at radius 1 is 1.40 bits per heavy atom. The van der Waals surface area contributed by atoms with Gasteiger partial charge in [-0.2, -0.15) is 0 Å². The molecule has 1 aliphatic rings. The highest BCUT2D eigenvalue weighted by Gasteiger charge is 2.23. The highest BCUT2D eigenvalue weighted by Crippen LogP contribution is 2.25. The van der Waals surface area contributed by atoms with Gasteiger partial charge in [0.1, 0.15) is 5.01 Å². The third kappa shape index (κ3) is 5.67. The predicted molar refractivity (Wildman–Crippen MR) is 97.5 cm³/mol. The van der Waals surface area contributed by atoms with Crippen LogP contribution < -0.4 is 10.6 Å². The molecule has 0 saturated carbocycles. The molecular weight excluding hydrogens is 340 g/mol. The number of nitrogens with one attached hydrogen (secondary N) is 2. The lowest BCUT2D eigenvalue weighted by Crippen LogP contribution is -2.49. The summed E-state index contributed by atoms with van der Waals surface area (Å²) in [5, 5.41) is 6.93. The van der Waals surface area contributed by atoms with E-state index in [4.69, 9.17) is 4.74 Å². The van der Waals surface area contributed by atoms with Crippen molar-refractivity contribution in [1.29, 1.82) is 0 Å². The summed E-state index contributed by atoms with van der Waals surface area (Å²) in [6.07, 6.45) is 1.58. The van der Waals surface area contributed by atoms with Gasteiger partial charge in [-0.15, -0.1) is 11.3 Å². The Kier molecular flexibility index (Phi) is 7.19. The van der Waals surface area contributed by atoms with Gasteiger partial charge in [0.15, 0.2) is 0 Å². The number of hydrogen-bond donors (Lipinski definition) is 2. The van der Waals surface area contributed by atoms with Crippen LogP contribution >= 0.6 is 11.3 Å². The zero-order chi connectivity index (χ0) is 18.4. The maximum absolute atomic E-state index is 12.3. The number of hydrogen-bond acceptors (Lipinski definition) is 5. The maximum atomic E-state index is 12.3. The molecule has 1 fully saturated rings. The molecule has 1 aromatic heterocycles. The quantitative estimate of drug-likeness (QED) is 0.807. The molecule has 0 spiro atoms. The van der Waals surface area contributed by atoms with E-state index in [-0.39, 0.29) is 24.0 Å². The Morgan fingerprint density at radius 3 is 2.68 bits per heavy atom. The first-order chi connectivity index (χ1) is 11.9. The molecule has 1 unspecified atom stereocenters. The Bertz CT molecular complexity index is 597. The number of thiazole rings is 1. The Labute approximate surface area is 153 Å². The van der Waals surface area contributed by atoms with Crippen molar-refractivity contribution in [2.45, 2.75) is 59.2 Å². The largest absolute Gasteiger partial charge is 0.375 e. The number of ether oxygens (including phenoxy) is 1. The number of likely N-dealkylation sites (tertiary alicyclic amines) is 1. The molecule has 2 heterocycles. The summed E-state index contributed by atoms with van der Waals surface area (Å²) in [5.74, 6) is 0.0973. The van der Waals surface area contributed by atoms with Crippen molar-refractivity contribution in [2.75, 3.05) is 19.7 Å². The topological polar surface area (TPSA) is 83.6 Å². The number of urea groups is 1. The van der Waals surface area contributed by atoms with Crippen LogP contribution in [0.3, 0.4) is 0 Å². The molecule has 1 aromatic rings. The van der Waals surface area contributed by atoms with Crippen LogP contribution in [0.4, 0.5) is 4.79 Å². The molecule has 0 aromatic carbocycles. The highest BCUT2D eigenvalue weighted by molar-refractivity contribution is 7.11. The van der Waals surface area contributed by atoms with Crippen LogP contribution in [0, 0.1) is 6.92 Å². The van der Waals surface area contributed by atoms with E-state index in [2.05, 4.69) is 15.6 Å². The summed E-state index contributed by atoms with van der Waals surface area (Å²) in [6.45, 7) is 10.0. The first kappa shape index (κ1) is 19.7. The van der Waals surface area contributed by atoms with Gasteiger partial charge in [-0.05, 0) is 33.6 Å². The number of carbonyl (C=O) groups excluding carboxylic acids is 2. The molecule has 0 radical (unpaired) electrons. The van der Waals surface area contributed by atoms with Gasteiger partial charge in [0.25, 0.3) is 0 Å². The van der Waals surface area contributed by atoms with Crippen LogP contribution in [-0.4, -0.2) is 47.6 Å². The number of aromatic nitrogens is 1. The van der Waals surface area contributed by atoms with Gasteiger partial charge < -0.3 is 20.3 Å². The SMILES string of the molecule is CCOCc1nc(C)c(C(C)NC(=O)NC2CCN(C(C)=O)CC2)s1. The van der Waals surface area contributed by atoms with Gasteiger partial charge in [0.2, 0.25) is 5.91 Å². The molecule has 25 heavy (non-hydrogen) atoms. The summed E-state index contributed by atoms with van der Waals surface area (Å²) in [6, 6.07) is -0.169. The van der Waals surface area contributed by atoms with Crippen molar-refractivity contribution >= 4 is 23.3 Å². The highest BCUT2D eigenvalue weighted by atomic mass is 32.1. The van der Waals surface area contributed by atoms with Crippen LogP contribution in [0.15, 0.2) is 0 Å². The lowest BCUT2D eigenvalue weighted by Gasteiger charge is -2.31. The van der Waals surface area contributed by atoms with E-state index in [1.807, 2.05) is 25.7 Å². The van der Waals surface area contributed by atoms with Gasteiger partial charge in [0.05, 0.1) is 18.3 Å². The van der Waals surface area contributed by atoms with Crippen LogP contribution in [-0.2, 0) is 16.1 Å². The molecule has 0 aliphatic carbocycles. The first-order valence-corrected chi connectivity index (χ1v) is 9.58. The second-order valence-corrected chi connectivity index (χ2v) is 7.43. The summed E-state index contributed by atoms with van der Waals surface area (Å²) in [5.41, 5.74) is 0.933. The van der Waals surface area contributed by atoms with E-state index in [1.54, 1.807) is 18.3 Å². The van der Waals surface area contributed by atoms with E-state index < -0.39 is 0 Å². The average molecular weight is 369 g/mol. The van der Waals surface area contributed by atoms with Gasteiger partial charge in [0, 0.05) is 37.5 Å². The van der Waals surface area contributed by atoms with Crippen molar-refractivity contribution in [2.24, 2.45) is 0 Å². The third-order valence-corrected chi connectivity index (χ3v) is 5.64. The molecule has 140 valence electrons. The minimum absolute atomic E-state index is 0.0973. The van der Waals surface area contributed by atoms with Gasteiger partial charge >= 0.3 is 6.03 Å². The summed E-state index contributed by atoms with van der Waals surface area (Å²) in [7, 11) is 0. The van der Waals surface area contributed by atoms with Gasteiger partial charge in [-0.25, -0.2) is 9.78 Å². The minimum atomic E-state index is -0.173. The van der Waals surface area contributed by atoms with Crippen molar-refractivity contribution in [3.63, 3.8) is 0 Å². The number of nitrogens with zero attached hydrogens (tertiary/aromatic N) is 2. The molecule has 0 bridgehead atoms. The molecule has 1 aliphatic heterocycles. The predicted octanol–water partition coefficient (Wildman–Crippen LogP) is 2.36. The number of amides is 3. The van der Waals surface area contributed by atoms with E-state index in [1.165, 1.54) is 0 Å². The van der Waals surface area contributed by atoms with Crippen molar-refractivity contribution in [3.05, 3.63) is 15.6 Å². The third-order valence-electron chi connectivity index (χ3n) is 4.32. The van der Waals surface area contributed by atoms with Crippen molar-refractivity contribution in [3.8, 4) is 0 Å². The number of aryl methyl sites for hydroxylation is 1. The van der Waals surface area contributed by atoms with Crippen molar-refractivity contribution < 1.29 is 14.3 Å². The lowest BCUT2D eigenvalue weighted by molar-refractivity contribution is -0.129. The van der Waals surface area contributed by atoms with Gasteiger partial charge in [-0.3, -0.25) is 4.79 Å². The van der Waals surface area contributed by atoms with Crippen LogP contribution in [0.2, 0.25) is 0 Å². The summed E-state index contributed by atoms with van der Waals surface area (Å²) < 4.78 is 5.39. The Hall–Kier alpha value is -1.67. The van der Waals surface area contributed by atoms with E-state index in [0.717, 1.165) is 28.4 Å². The van der Waals surface area contributed by atoms with E-state index in [9.17, 15) is 9.59 Å². The minimum Gasteiger partial charge on any atom is -0.375 e. The zero-order valence-corrected chi connectivity index (χ0v) is 16.2. The smallest absolute Gasteiger partial charge is 0.315 e. The molecular formula is C17H28N4O3S. The fourth-order valence-electron chi connectivity index (χ4n) is 2.95. The number of carbonyl (C=O) groups is 2. The normalized spacial score (nSPS) is 16.6. The first-order valence-electron chi connectivity index (χ1n) is 8.77. The molecule has 1 saturated heterocycles. The van der Waals surface area contributed by atoms with Gasteiger partial charge in [-0.1, -0.05) is 0 Å². The summed E-state index contributed by atoms with van der Waals surface area (Å²) in [4.78, 5) is 31.0. The van der Waals surface area contributed by atoms with E-state index in [0.29, 0.717) is 26.3 Å². The molecule has 7 nitrogen and oxygen atoms in total. The number of rotatable bonds is 6. The second kappa shape index (κ2) is 9.15. The lowest BCUT2D eigenvalue weighted by atomic mass is 10.1. The summed E-state index contributed by atoms with van der Waals surface area (Å²) >= 11 is 1.58. The Morgan fingerprint density at radius 2 is 2.08 bits per heavy atom.